The van der Waals surface area contributed by atoms with E-state index in [4.69, 9.17) is 26.8 Å². The van der Waals surface area contributed by atoms with Gasteiger partial charge in [0.2, 0.25) is 0 Å². The lowest BCUT2D eigenvalue weighted by atomic mass is 10.1. The van der Waals surface area contributed by atoms with Crippen molar-refractivity contribution in [3.8, 4) is 11.5 Å². The zero-order valence-corrected chi connectivity index (χ0v) is 9.89. The molecule has 1 unspecified atom stereocenters. The summed E-state index contributed by atoms with van der Waals surface area (Å²) in [6, 6.07) is 0.342. The van der Waals surface area contributed by atoms with Crippen molar-refractivity contribution < 1.29 is 22.6 Å². The highest BCUT2D eigenvalue weighted by molar-refractivity contribution is 6.33. The minimum atomic E-state index is -4.56. The van der Waals surface area contributed by atoms with Crippen molar-refractivity contribution in [3.05, 3.63) is 22.7 Å². The SMILES string of the molecule is COc1ccc(C(N)C(F)(F)F)c(OC)c1Cl. The second kappa shape index (κ2) is 5.01. The molecule has 0 radical (unpaired) electrons. The zero-order chi connectivity index (χ0) is 13.2. The van der Waals surface area contributed by atoms with Crippen LogP contribution in [-0.4, -0.2) is 20.4 Å². The zero-order valence-electron chi connectivity index (χ0n) is 9.14. The van der Waals surface area contributed by atoms with Crippen LogP contribution in [0.5, 0.6) is 11.5 Å². The first-order chi connectivity index (χ1) is 7.82. The van der Waals surface area contributed by atoms with Crippen molar-refractivity contribution in [2.45, 2.75) is 12.2 Å². The Morgan fingerprint density at radius 1 is 1.24 bits per heavy atom. The van der Waals surface area contributed by atoms with Crippen molar-refractivity contribution in [2.24, 2.45) is 5.73 Å². The first-order valence-electron chi connectivity index (χ1n) is 4.55. The molecule has 0 heterocycles. The van der Waals surface area contributed by atoms with Crippen molar-refractivity contribution in [3.63, 3.8) is 0 Å². The van der Waals surface area contributed by atoms with E-state index in [1.165, 1.54) is 26.4 Å². The molecule has 0 aliphatic carbocycles. The lowest BCUT2D eigenvalue weighted by Crippen LogP contribution is -2.28. The maximum atomic E-state index is 12.5. The maximum Gasteiger partial charge on any atom is 0.407 e. The number of hydrogen-bond acceptors (Lipinski definition) is 3. The Balaban J connectivity index is 3.31. The highest BCUT2D eigenvalue weighted by Crippen LogP contribution is 2.42. The Morgan fingerprint density at radius 3 is 2.24 bits per heavy atom. The van der Waals surface area contributed by atoms with Crippen LogP contribution < -0.4 is 15.2 Å². The third kappa shape index (κ3) is 2.76. The van der Waals surface area contributed by atoms with Gasteiger partial charge in [0.15, 0.2) is 0 Å². The van der Waals surface area contributed by atoms with Gasteiger partial charge in [-0.1, -0.05) is 11.6 Å². The van der Waals surface area contributed by atoms with Crippen LogP contribution in [0.25, 0.3) is 0 Å². The van der Waals surface area contributed by atoms with Gasteiger partial charge < -0.3 is 15.2 Å². The number of hydrogen-bond donors (Lipinski definition) is 1. The molecule has 0 saturated heterocycles. The Labute approximate surface area is 101 Å². The van der Waals surface area contributed by atoms with E-state index >= 15 is 0 Å². The molecule has 0 fully saturated rings. The van der Waals surface area contributed by atoms with Crippen LogP contribution in [0.4, 0.5) is 13.2 Å². The third-order valence-electron chi connectivity index (χ3n) is 2.20. The summed E-state index contributed by atoms with van der Waals surface area (Å²) >= 11 is 5.84. The van der Waals surface area contributed by atoms with Gasteiger partial charge in [-0.2, -0.15) is 13.2 Å². The van der Waals surface area contributed by atoms with Crippen LogP contribution in [-0.2, 0) is 0 Å². The van der Waals surface area contributed by atoms with Gasteiger partial charge in [-0.3, -0.25) is 0 Å². The van der Waals surface area contributed by atoms with Crippen molar-refractivity contribution >= 4 is 11.6 Å². The fourth-order valence-corrected chi connectivity index (χ4v) is 1.67. The highest BCUT2D eigenvalue weighted by Gasteiger charge is 2.40. The fourth-order valence-electron chi connectivity index (χ4n) is 1.34. The highest BCUT2D eigenvalue weighted by atomic mass is 35.5. The molecule has 7 heteroatoms. The molecule has 17 heavy (non-hydrogen) atoms. The summed E-state index contributed by atoms with van der Waals surface area (Å²) in [4.78, 5) is 0. The Hall–Kier alpha value is -1.14. The van der Waals surface area contributed by atoms with Crippen LogP contribution in [0.2, 0.25) is 5.02 Å². The van der Waals surface area contributed by atoms with Crippen molar-refractivity contribution in [1.29, 1.82) is 0 Å². The molecule has 1 atom stereocenters. The van der Waals surface area contributed by atoms with Crippen LogP contribution in [0.3, 0.4) is 0 Å². The average Bonchev–Trinajstić information content (AvgIpc) is 2.26. The lowest BCUT2D eigenvalue weighted by Gasteiger charge is -2.20. The van der Waals surface area contributed by atoms with Gasteiger partial charge >= 0.3 is 6.18 Å². The summed E-state index contributed by atoms with van der Waals surface area (Å²) < 4.78 is 47.2. The lowest BCUT2D eigenvalue weighted by molar-refractivity contribution is -0.149. The topological polar surface area (TPSA) is 44.5 Å². The molecule has 0 amide bonds. The Kier molecular flexibility index (Phi) is 4.11. The number of nitrogens with two attached hydrogens (primary N) is 1. The van der Waals surface area contributed by atoms with Gasteiger partial charge in [0.05, 0.1) is 14.2 Å². The minimum Gasteiger partial charge on any atom is -0.495 e. The van der Waals surface area contributed by atoms with E-state index in [-0.39, 0.29) is 22.1 Å². The number of methoxy groups -OCH3 is 2. The number of rotatable bonds is 3. The van der Waals surface area contributed by atoms with Crippen molar-refractivity contribution in [1.82, 2.24) is 0 Å². The first kappa shape index (κ1) is 13.9. The number of alkyl halides is 3. The van der Waals surface area contributed by atoms with Gasteiger partial charge in [-0.15, -0.1) is 0 Å². The molecular formula is C10H11ClF3NO2. The summed E-state index contributed by atoms with van der Waals surface area (Å²) in [5.74, 6) is 0.0949. The molecule has 0 aliphatic rings. The number of benzene rings is 1. The summed E-state index contributed by atoms with van der Waals surface area (Å²) in [6.07, 6.45) is -4.56. The molecule has 3 nitrogen and oxygen atoms in total. The second-order valence-electron chi connectivity index (χ2n) is 3.22. The predicted molar refractivity (Wildman–Crippen MR) is 57.5 cm³/mol. The molecule has 2 N–H and O–H groups in total. The van der Waals surface area contributed by atoms with Gasteiger partial charge in [-0.05, 0) is 12.1 Å². The smallest absolute Gasteiger partial charge is 0.407 e. The Bertz CT molecular complexity index is 409. The normalized spacial score (nSPS) is 13.4. The molecule has 0 spiro atoms. The Morgan fingerprint density at radius 2 is 1.82 bits per heavy atom. The molecule has 0 bridgehead atoms. The van der Waals surface area contributed by atoms with Gasteiger partial charge in [0, 0.05) is 5.56 Å². The molecule has 0 aromatic heterocycles. The van der Waals surface area contributed by atoms with Crippen LogP contribution in [0.15, 0.2) is 12.1 Å². The van der Waals surface area contributed by atoms with Gasteiger partial charge in [-0.25, -0.2) is 0 Å². The number of halogens is 4. The molecule has 96 valence electrons. The van der Waals surface area contributed by atoms with E-state index in [2.05, 4.69) is 0 Å². The molecule has 0 aliphatic heterocycles. The average molecular weight is 270 g/mol. The van der Waals surface area contributed by atoms with Crippen LogP contribution in [0, 0.1) is 0 Å². The quantitative estimate of drug-likeness (QED) is 0.918. The van der Waals surface area contributed by atoms with E-state index < -0.39 is 12.2 Å². The third-order valence-corrected chi connectivity index (χ3v) is 2.56. The summed E-state index contributed by atoms with van der Waals surface area (Å²) in [6.45, 7) is 0. The summed E-state index contributed by atoms with van der Waals surface area (Å²) in [7, 11) is 2.57. The van der Waals surface area contributed by atoms with Crippen LogP contribution in [0.1, 0.15) is 11.6 Å². The summed E-state index contributed by atoms with van der Waals surface area (Å²) in [5.41, 5.74) is 4.87. The predicted octanol–water partition coefficient (Wildman–Crippen LogP) is 2.92. The molecule has 1 aromatic rings. The van der Waals surface area contributed by atoms with Crippen molar-refractivity contribution in [2.75, 3.05) is 14.2 Å². The molecular weight excluding hydrogens is 259 g/mol. The second-order valence-corrected chi connectivity index (χ2v) is 3.60. The standard InChI is InChI=1S/C10H11ClF3NO2/c1-16-6-4-3-5(8(17-2)7(6)11)9(15)10(12,13)14/h3-4,9H,15H2,1-2H3. The van der Waals surface area contributed by atoms with E-state index in [9.17, 15) is 13.2 Å². The largest absolute Gasteiger partial charge is 0.495 e. The van der Waals surface area contributed by atoms with E-state index in [1.54, 1.807) is 0 Å². The fraction of sp³-hybridized carbons (Fsp3) is 0.400. The minimum absolute atomic E-state index is 0.0350. The van der Waals surface area contributed by atoms with E-state index in [0.717, 1.165) is 0 Å². The molecule has 0 saturated carbocycles. The van der Waals surface area contributed by atoms with Crippen LogP contribution >= 0.6 is 11.6 Å². The van der Waals surface area contributed by atoms with E-state index in [0.29, 0.717) is 0 Å². The monoisotopic (exact) mass is 269 g/mol. The molecule has 1 rings (SSSR count). The van der Waals surface area contributed by atoms with E-state index in [1.807, 2.05) is 0 Å². The van der Waals surface area contributed by atoms with Gasteiger partial charge in [0.25, 0.3) is 0 Å². The van der Waals surface area contributed by atoms with Gasteiger partial charge in [0.1, 0.15) is 22.6 Å². The molecule has 1 aromatic carbocycles. The first-order valence-corrected chi connectivity index (χ1v) is 4.93. The maximum absolute atomic E-state index is 12.5. The summed E-state index contributed by atoms with van der Waals surface area (Å²) in [5, 5.41) is -0.0350. The number of ether oxygens (including phenoxy) is 2.